The summed E-state index contributed by atoms with van der Waals surface area (Å²) >= 11 is 0. The highest BCUT2D eigenvalue weighted by Gasteiger charge is 2.33. The summed E-state index contributed by atoms with van der Waals surface area (Å²) in [6.07, 6.45) is 0.307. The standard InChI is InChI=1S/C13H7NO6.C9H7NO2/c1-19-9-5-8-10-6(11(9)14(17)18)3-2-4-7(10)12(15)20-13(8)16;11-8-5-6-3-1-2-4-7(6)9(12)10-8/h2-5H,1H3;1-4H,5H2,(H,10,11,12). The van der Waals surface area contributed by atoms with Crippen LogP contribution in [0.2, 0.25) is 0 Å². The quantitative estimate of drug-likeness (QED) is 0.213. The molecule has 0 bridgehead atoms. The molecule has 0 saturated heterocycles. The molecule has 2 heterocycles. The van der Waals surface area contributed by atoms with Crippen molar-refractivity contribution in [3.63, 3.8) is 0 Å². The topological polar surface area (TPSA) is 142 Å². The Morgan fingerprint density at radius 2 is 1.66 bits per heavy atom. The average Bonchev–Trinajstić information content (AvgIpc) is 2.76. The predicted octanol–water partition coefficient (Wildman–Crippen LogP) is 2.57. The Kier molecular flexibility index (Phi) is 5.11. The van der Waals surface area contributed by atoms with E-state index in [1.807, 2.05) is 6.07 Å². The third kappa shape index (κ3) is 3.43. The summed E-state index contributed by atoms with van der Waals surface area (Å²) in [6, 6.07) is 12.8. The van der Waals surface area contributed by atoms with Crippen molar-refractivity contribution in [3.05, 3.63) is 80.9 Å². The highest BCUT2D eigenvalue weighted by atomic mass is 16.6. The zero-order valence-electron chi connectivity index (χ0n) is 16.5. The summed E-state index contributed by atoms with van der Waals surface area (Å²) in [6.45, 7) is 0. The van der Waals surface area contributed by atoms with E-state index in [1.165, 1.54) is 31.4 Å². The number of nitro groups is 1. The zero-order chi connectivity index (χ0) is 23.0. The predicted molar refractivity (Wildman–Crippen MR) is 110 cm³/mol. The lowest BCUT2D eigenvalue weighted by Gasteiger charge is -2.16. The van der Waals surface area contributed by atoms with Gasteiger partial charge in [-0.2, -0.15) is 0 Å². The molecule has 0 atom stereocenters. The Morgan fingerprint density at radius 3 is 2.38 bits per heavy atom. The second-order valence-corrected chi connectivity index (χ2v) is 6.85. The maximum Gasteiger partial charge on any atom is 0.346 e. The number of nitro benzene ring substituents is 1. The average molecular weight is 434 g/mol. The molecular weight excluding hydrogens is 420 g/mol. The van der Waals surface area contributed by atoms with Crippen molar-refractivity contribution in [2.75, 3.05) is 7.11 Å². The van der Waals surface area contributed by atoms with Crippen LogP contribution in [0.15, 0.2) is 48.5 Å². The van der Waals surface area contributed by atoms with Gasteiger partial charge >= 0.3 is 17.6 Å². The van der Waals surface area contributed by atoms with E-state index in [4.69, 9.17) is 4.74 Å². The van der Waals surface area contributed by atoms with Crippen molar-refractivity contribution in [2.45, 2.75) is 6.42 Å². The van der Waals surface area contributed by atoms with Gasteiger partial charge < -0.3 is 9.47 Å². The van der Waals surface area contributed by atoms with Crippen molar-refractivity contribution in [3.8, 4) is 5.75 Å². The van der Waals surface area contributed by atoms with E-state index in [2.05, 4.69) is 10.1 Å². The molecule has 1 N–H and O–H groups in total. The van der Waals surface area contributed by atoms with Crippen LogP contribution in [-0.4, -0.2) is 35.8 Å². The first kappa shape index (κ1) is 20.7. The van der Waals surface area contributed by atoms with E-state index in [9.17, 15) is 29.3 Å². The molecule has 0 spiro atoms. The minimum atomic E-state index is -0.841. The smallest absolute Gasteiger partial charge is 0.346 e. The summed E-state index contributed by atoms with van der Waals surface area (Å²) in [5.41, 5.74) is 1.35. The van der Waals surface area contributed by atoms with Crippen molar-refractivity contribution < 1.29 is 33.6 Å². The number of fused-ring (bicyclic) bond motifs is 1. The van der Waals surface area contributed by atoms with Crippen molar-refractivity contribution >= 4 is 40.2 Å². The lowest BCUT2D eigenvalue weighted by atomic mass is 9.95. The fourth-order valence-electron chi connectivity index (χ4n) is 3.62. The Morgan fingerprint density at radius 1 is 0.969 bits per heavy atom. The number of benzene rings is 3. The second-order valence-electron chi connectivity index (χ2n) is 6.85. The summed E-state index contributed by atoms with van der Waals surface area (Å²) in [5.74, 6) is -2.22. The van der Waals surface area contributed by atoms with Crippen LogP contribution in [0.25, 0.3) is 10.8 Å². The highest BCUT2D eigenvalue weighted by molar-refractivity contribution is 6.22. The van der Waals surface area contributed by atoms with Gasteiger partial charge in [0.2, 0.25) is 5.91 Å². The maximum atomic E-state index is 11.8. The molecule has 0 unspecified atom stereocenters. The summed E-state index contributed by atoms with van der Waals surface area (Å²) < 4.78 is 9.56. The van der Waals surface area contributed by atoms with Crippen molar-refractivity contribution in [1.29, 1.82) is 0 Å². The first-order valence-electron chi connectivity index (χ1n) is 9.28. The largest absolute Gasteiger partial charge is 0.490 e. The van der Waals surface area contributed by atoms with E-state index in [0.717, 1.165) is 5.56 Å². The number of carbonyl (C=O) groups excluding carboxylic acids is 4. The molecule has 0 radical (unpaired) electrons. The summed E-state index contributed by atoms with van der Waals surface area (Å²) in [4.78, 5) is 56.1. The molecule has 2 amide bonds. The normalized spacial score (nSPS) is 14.0. The van der Waals surface area contributed by atoms with Gasteiger partial charge in [0.1, 0.15) is 0 Å². The molecule has 0 aromatic heterocycles. The van der Waals surface area contributed by atoms with E-state index >= 15 is 0 Å². The van der Waals surface area contributed by atoms with Gasteiger partial charge in [-0.25, -0.2) is 9.59 Å². The first-order valence-corrected chi connectivity index (χ1v) is 9.28. The van der Waals surface area contributed by atoms with Crippen molar-refractivity contribution in [1.82, 2.24) is 5.32 Å². The number of ether oxygens (including phenoxy) is 2. The number of cyclic esters (lactones) is 2. The number of esters is 2. The third-order valence-corrected chi connectivity index (χ3v) is 4.99. The Hall–Kier alpha value is -4.60. The molecule has 2 aliphatic rings. The Labute approximate surface area is 179 Å². The molecular formula is C22H14N2O8. The molecule has 5 rings (SSSR count). The molecule has 10 heteroatoms. The van der Waals surface area contributed by atoms with Crippen LogP contribution in [0.3, 0.4) is 0 Å². The van der Waals surface area contributed by atoms with Crippen LogP contribution in [0, 0.1) is 10.1 Å². The SMILES string of the molecule is COc1cc2c3c(cccc3c1[N+](=O)[O-])C(=O)OC2=O.O=C1Cc2ccccc2C(=O)N1. The van der Waals surface area contributed by atoms with E-state index < -0.39 is 16.9 Å². The van der Waals surface area contributed by atoms with Gasteiger partial charge in [0.15, 0.2) is 5.75 Å². The van der Waals surface area contributed by atoms with Crippen LogP contribution < -0.4 is 10.1 Å². The van der Waals surface area contributed by atoms with E-state index in [-0.39, 0.29) is 45.2 Å². The lowest BCUT2D eigenvalue weighted by molar-refractivity contribution is -0.383. The van der Waals surface area contributed by atoms with Gasteiger partial charge in [-0.3, -0.25) is 25.0 Å². The van der Waals surface area contributed by atoms with Gasteiger partial charge in [-0.1, -0.05) is 24.3 Å². The van der Waals surface area contributed by atoms with Crippen molar-refractivity contribution in [2.24, 2.45) is 0 Å². The zero-order valence-corrected chi connectivity index (χ0v) is 16.5. The number of hydrogen-bond acceptors (Lipinski definition) is 8. The number of rotatable bonds is 2. The molecule has 3 aromatic carbocycles. The third-order valence-electron chi connectivity index (χ3n) is 4.99. The van der Waals surface area contributed by atoms with Gasteiger partial charge in [0.05, 0.1) is 35.0 Å². The summed E-state index contributed by atoms with van der Waals surface area (Å²) in [5, 5.41) is 13.9. The van der Waals surface area contributed by atoms with Gasteiger partial charge in [-0.05, 0) is 23.8 Å². The number of carbonyl (C=O) groups is 4. The maximum absolute atomic E-state index is 11.8. The number of hydrogen-bond donors (Lipinski definition) is 1. The van der Waals surface area contributed by atoms with Crippen LogP contribution in [0.1, 0.15) is 36.6 Å². The number of methoxy groups -OCH3 is 1. The molecule has 0 saturated carbocycles. The Bertz CT molecular complexity index is 1350. The number of imide groups is 1. The van der Waals surface area contributed by atoms with Crippen LogP contribution in [0.4, 0.5) is 5.69 Å². The summed E-state index contributed by atoms with van der Waals surface area (Å²) in [7, 11) is 1.27. The molecule has 3 aromatic rings. The number of nitrogens with one attached hydrogen (secondary N) is 1. The van der Waals surface area contributed by atoms with E-state index in [0.29, 0.717) is 12.0 Å². The highest BCUT2D eigenvalue weighted by Crippen LogP contribution is 2.40. The minimum absolute atomic E-state index is 0.0547. The lowest BCUT2D eigenvalue weighted by Crippen LogP contribution is -2.37. The fraction of sp³-hybridized carbons (Fsp3) is 0.0909. The van der Waals surface area contributed by atoms with Gasteiger partial charge in [0.25, 0.3) is 5.91 Å². The van der Waals surface area contributed by atoms with Crippen LogP contribution >= 0.6 is 0 Å². The molecule has 160 valence electrons. The Balaban J connectivity index is 0.000000174. The molecule has 0 fully saturated rings. The van der Waals surface area contributed by atoms with E-state index in [1.54, 1.807) is 18.2 Å². The minimum Gasteiger partial charge on any atom is -0.490 e. The molecule has 32 heavy (non-hydrogen) atoms. The van der Waals surface area contributed by atoms with Gasteiger partial charge in [0, 0.05) is 17.0 Å². The van der Waals surface area contributed by atoms with Crippen LogP contribution in [0.5, 0.6) is 5.75 Å². The number of nitrogens with zero attached hydrogens (tertiary/aromatic N) is 1. The van der Waals surface area contributed by atoms with Gasteiger partial charge in [-0.15, -0.1) is 0 Å². The molecule has 0 aliphatic carbocycles. The molecule has 2 aliphatic heterocycles. The second kappa shape index (κ2) is 7.91. The van der Waals surface area contributed by atoms with Crippen LogP contribution in [-0.2, 0) is 16.0 Å². The number of amides is 2. The molecule has 10 nitrogen and oxygen atoms in total. The first-order chi connectivity index (χ1) is 15.3. The fourth-order valence-corrected chi connectivity index (χ4v) is 3.62. The monoisotopic (exact) mass is 434 g/mol.